The van der Waals surface area contributed by atoms with Crippen molar-refractivity contribution in [3.8, 4) is 0 Å². The molecule has 1 nitrogen and oxygen atoms in total. The molecule has 0 unspecified atom stereocenters. The predicted octanol–water partition coefficient (Wildman–Crippen LogP) is 7.90. The average Bonchev–Trinajstić information content (AvgIpc) is 2.30. The Morgan fingerprint density at radius 3 is 0.800 bits per heavy atom. The molecule has 0 saturated carbocycles. The molecular weight excluding hydrogens is 672 g/mol. The van der Waals surface area contributed by atoms with Crippen LogP contribution in [0.4, 0.5) is 0 Å². The second kappa shape index (κ2) is 9.18. The third-order valence-corrected chi connectivity index (χ3v) is 11.3. The Balaban J connectivity index is 7.33. The largest absolute Gasteiger partial charge is 0.427 e. The van der Waals surface area contributed by atoms with E-state index in [0.29, 0.717) is 0 Å². The van der Waals surface area contributed by atoms with Gasteiger partial charge in [0.1, 0.15) is 15.9 Å². The number of hydrogen-bond acceptors (Lipinski definition) is 1. The average molecular weight is 677 g/mol. The second-order valence-corrected chi connectivity index (χ2v) is 16.0. The maximum absolute atomic E-state index is 6.31. The minimum Gasteiger partial charge on any atom is -0.427 e. The van der Waals surface area contributed by atoms with E-state index in [1.807, 2.05) is 0 Å². The quantitative estimate of drug-likeness (QED) is 0.213. The highest BCUT2D eigenvalue weighted by molar-refractivity contribution is 6.81. The molecule has 0 saturated heterocycles. The molecule has 0 fully saturated rings. The summed E-state index contributed by atoms with van der Waals surface area (Å²) in [5.74, 6) is 0. The Hall–Kier alpha value is 4.53. The monoisotopic (exact) mass is 670 g/mol. The molecule has 0 spiro atoms. The van der Waals surface area contributed by atoms with Gasteiger partial charge >= 0.3 is 0 Å². The van der Waals surface area contributed by atoms with Crippen LogP contribution < -0.4 is 0 Å². The van der Waals surface area contributed by atoms with Crippen LogP contribution in [-0.2, 0) is 4.43 Å². The van der Waals surface area contributed by atoms with Crippen molar-refractivity contribution in [2.75, 3.05) is 6.61 Å². The Bertz CT molecular complexity index is 407. The van der Waals surface area contributed by atoms with Crippen LogP contribution in [0, 0.1) is 5.41 Å². The van der Waals surface area contributed by atoms with Gasteiger partial charge in [0.25, 0.3) is 0 Å². The van der Waals surface area contributed by atoms with Crippen molar-refractivity contribution in [3.05, 3.63) is 0 Å². The van der Waals surface area contributed by atoms with Gasteiger partial charge in [-0.05, 0) is 0 Å². The van der Waals surface area contributed by atoms with Crippen LogP contribution in [0.25, 0.3) is 0 Å². The van der Waals surface area contributed by atoms with Crippen molar-refractivity contribution in [1.82, 2.24) is 0 Å². The number of halogens is 15. The molecule has 0 aliphatic rings. The normalized spacial score (nSPS) is 16.4. The SMILES string of the molecule is [SiH3]OCC(C(Cl)(Cl)C(Cl)(Cl)Cl)(C(Cl)(Cl)C(Cl)(Cl)Cl)C(Cl)(Cl)C(Cl)(Cl)Cl. The highest BCUT2D eigenvalue weighted by Crippen LogP contribution is 2.75. The van der Waals surface area contributed by atoms with Gasteiger partial charge in [0.2, 0.25) is 11.4 Å². The summed E-state index contributed by atoms with van der Waals surface area (Å²) in [6.45, 7) is -0.720. The summed E-state index contributed by atoms with van der Waals surface area (Å²) in [5.41, 5.74) is -2.59. The zero-order chi connectivity index (χ0) is 20.9. The van der Waals surface area contributed by atoms with Gasteiger partial charge in [0, 0.05) is 6.61 Å². The highest BCUT2D eigenvalue weighted by Gasteiger charge is 2.83. The minimum absolute atomic E-state index is 0.0418. The fraction of sp³-hybridized carbons (Fsp3) is 1.00. The van der Waals surface area contributed by atoms with Crippen LogP contribution in [0.5, 0.6) is 0 Å². The lowest BCUT2D eigenvalue weighted by Crippen LogP contribution is -2.73. The number of rotatable bonds is 5. The van der Waals surface area contributed by atoms with Gasteiger partial charge in [-0.25, -0.2) is 0 Å². The fourth-order valence-corrected chi connectivity index (χ4v) is 6.30. The molecule has 0 amide bonds. The first kappa shape index (κ1) is 29.5. The van der Waals surface area contributed by atoms with Gasteiger partial charge in [0.15, 0.2) is 13.0 Å². The molecule has 0 radical (unpaired) electrons. The summed E-state index contributed by atoms with van der Waals surface area (Å²) in [7, 11) is 0.0418. The summed E-state index contributed by atoms with van der Waals surface area (Å²) in [6.07, 6.45) is 0. The van der Waals surface area contributed by atoms with Gasteiger partial charge in [-0.2, -0.15) is 0 Å². The van der Waals surface area contributed by atoms with Crippen LogP contribution >= 0.6 is 174 Å². The summed E-state index contributed by atoms with van der Waals surface area (Å²) in [5, 5.41) is 0. The Morgan fingerprint density at radius 2 is 0.680 bits per heavy atom. The molecule has 0 N–H and O–H groups in total. The smallest absolute Gasteiger partial charge is 0.223 e. The Labute approximate surface area is 222 Å². The molecule has 0 aliphatic carbocycles. The molecule has 152 valence electrons. The van der Waals surface area contributed by atoms with E-state index in [0.717, 1.165) is 0 Å². The van der Waals surface area contributed by atoms with E-state index in [2.05, 4.69) is 0 Å². The van der Waals surface area contributed by atoms with E-state index in [1.165, 1.54) is 0 Å². The zero-order valence-electron chi connectivity index (χ0n) is 11.3. The minimum atomic E-state index is -2.71. The summed E-state index contributed by atoms with van der Waals surface area (Å²) in [4.78, 5) is 0. The summed E-state index contributed by atoms with van der Waals surface area (Å²) >= 11 is 90.8. The molecule has 0 heterocycles. The van der Waals surface area contributed by atoms with E-state index >= 15 is 0 Å². The topological polar surface area (TPSA) is 9.23 Å². The summed E-state index contributed by atoms with van der Waals surface area (Å²) in [6, 6.07) is 0. The third kappa shape index (κ3) is 5.13. The molecular formula is C8H5Cl15OSi. The van der Waals surface area contributed by atoms with Crippen molar-refractivity contribution in [1.29, 1.82) is 0 Å². The predicted molar refractivity (Wildman–Crippen MR) is 123 cm³/mol. The first-order valence-electron chi connectivity index (χ1n) is 5.39. The van der Waals surface area contributed by atoms with Crippen LogP contribution in [0.2, 0.25) is 0 Å². The molecule has 0 bridgehead atoms. The number of hydrogen-bond donors (Lipinski definition) is 0. The third-order valence-electron chi connectivity index (χ3n) is 3.04. The van der Waals surface area contributed by atoms with E-state index < -0.39 is 36.4 Å². The first-order valence-corrected chi connectivity index (χ1v) is 11.9. The van der Waals surface area contributed by atoms with Crippen molar-refractivity contribution < 1.29 is 4.43 Å². The van der Waals surface area contributed by atoms with E-state index in [-0.39, 0.29) is 10.5 Å². The van der Waals surface area contributed by atoms with E-state index in [4.69, 9.17) is 178 Å². The zero-order valence-corrected chi connectivity index (χ0v) is 24.6. The standard InChI is InChI=1S/C8H5Cl15OSi/c9-3(10,6(15,16)17)2(1-24-25,4(11,12)7(18,19)20)5(13,14)8(21,22)23/h1H2,25H3. The lowest BCUT2D eigenvalue weighted by Gasteiger charge is -2.59. The van der Waals surface area contributed by atoms with E-state index in [9.17, 15) is 0 Å². The van der Waals surface area contributed by atoms with Gasteiger partial charge in [-0.3, -0.25) is 0 Å². The van der Waals surface area contributed by atoms with Crippen molar-refractivity contribution in [3.63, 3.8) is 0 Å². The van der Waals surface area contributed by atoms with Gasteiger partial charge in [-0.1, -0.05) is 174 Å². The molecule has 0 aliphatic heterocycles. The van der Waals surface area contributed by atoms with Crippen LogP contribution in [0.1, 0.15) is 0 Å². The van der Waals surface area contributed by atoms with Crippen molar-refractivity contribution in [2.24, 2.45) is 5.41 Å². The highest BCUT2D eigenvalue weighted by atomic mass is 35.6. The molecule has 17 heteroatoms. The van der Waals surface area contributed by atoms with E-state index in [1.54, 1.807) is 0 Å². The van der Waals surface area contributed by atoms with Crippen LogP contribution in [-0.4, -0.2) is 41.5 Å². The molecule has 0 aromatic heterocycles. The van der Waals surface area contributed by atoms with Gasteiger partial charge in [-0.15, -0.1) is 0 Å². The molecule has 0 aromatic rings. The second-order valence-electron chi connectivity index (χ2n) is 4.55. The summed E-state index contributed by atoms with van der Waals surface area (Å²) < 4.78 is -10.7. The lowest BCUT2D eigenvalue weighted by atomic mass is 9.77. The Morgan fingerprint density at radius 1 is 0.480 bits per heavy atom. The van der Waals surface area contributed by atoms with Crippen molar-refractivity contribution in [2.45, 2.75) is 24.4 Å². The van der Waals surface area contributed by atoms with Crippen molar-refractivity contribution >= 4 is 185 Å². The number of alkyl halides is 15. The molecule has 25 heavy (non-hydrogen) atoms. The van der Waals surface area contributed by atoms with Crippen LogP contribution in [0.15, 0.2) is 0 Å². The Kier molecular flexibility index (Phi) is 10.8. The molecule has 0 atom stereocenters. The maximum atomic E-state index is 6.31. The maximum Gasteiger partial charge on any atom is 0.223 e. The first-order chi connectivity index (χ1) is 10.6. The van der Waals surface area contributed by atoms with Gasteiger partial charge < -0.3 is 4.43 Å². The molecule has 0 aromatic carbocycles. The fourth-order valence-electron chi connectivity index (χ4n) is 1.81. The van der Waals surface area contributed by atoms with Gasteiger partial charge in [0.05, 0.1) is 0 Å². The van der Waals surface area contributed by atoms with Crippen LogP contribution in [0.3, 0.4) is 0 Å². The lowest BCUT2D eigenvalue weighted by molar-refractivity contribution is 0.0922. The molecule has 0 rings (SSSR count).